The van der Waals surface area contributed by atoms with E-state index in [1.165, 1.54) is 24.2 Å². The number of aromatic nitrogens is 3. The van der Waals surface area contributed by atoms with Crippen molar-refractivity contribution < 1.29 is 4.42 Å². The van der Waals surface area contributed by atoms with E-state index in [4.69, 9.17) is 10.2 Å². The van der Waals surface area contributed by atoms with Crippen molar-refractivity contribution in [2.45, 2.75) is 19.3 Å². The Kier molecular flexibility index (Phi) is 2.96. The molecule has 0 bridgehead atoms. The molecule has 2 N–H and O–H groups in total. The Morgan fingerprint density at radius 2 is 2.24 bits per heavy atom. The molecule has 0 radical (unpaired) electrons. The Morgan fingerprint density at radius 1 is 1.33 bits per heavy atom. The van der Waals surface area contributed by atoms with Gasteiger partial charge in [-0.3, -0.25) is 0 Å². The standard InChI is InChI=1S/C15H14N4OS/c16-13-10(8-9-3-4-9)12(11-2-1-6-20-11)18-14(19-13)15-17-5-7-21-15/h1-2,5-7,9H,3-4,8H2,(H2,16,18,19). The number of hydrogen-bond donors (Lipinski definition) is 1. The lowest BCUT2D eigenvalue weighted by Gasteiger charge is -2.10. The van der Waals surface area contributed by atoms with Crippen LogP contribution in [0.2, 0.25) is 0 Å². The summed E-state index contributed by atoms with van der Waals surface area (Å²) in [6.07, 6.45) is 6.82. The van der Waals surface area contributed by atoms with Crippen LogP contribution in [-0.2, 0) is 6.42 Å². The summed E-state index contributed by atoms with van der Waals surface area (Å²) in [5, 5.41) is 2.67. The number of thiazole rings is 1. The molecule has 1 saturated carbocycles. The van der Waals surface area contributed by atoms with Crippen LogP contribution in [0.5, 0.6) is 0 Å². The second-order valence-electron chi connectivity index (χ2n) is 5.22. The smallest absolute Gasteiger partial charge is 0.191 e. The molecule has 0 saturated heterocycles. The predicted octanol–water partition coefficient (Wildman–Crippen LogP) is 3.39. The maximum Gasteiger partial charge on any atom is 0.191 e. The zero-order valence-corrected chi connectivity index (χ0v) is 12.1. The molecule has 3 heterocycles. The highest BCUT2D eigenvalue weighted by Crippen LogP contribution is 2.37. The second kappa shape index (κ2) is 4.96. The van der Waals surface area contributed by atoms with E-state index in [9.17, 15) is 0 Å². The van der Waals surface area contributed by atoms with Gasteiger partial charge in [0, 0.05) is 17.1 Å². The Hall–Kier alpha value is -2.21. The van der Waals surface area contributed by atoms with Gasteiger partial charge in [-0.1, -0.05) is 0 Å². The van der Waals surface area contributed by atoms with E-state index < -0.39 is 0 Å². The van der Waals surface area contributed by atoms with Gasteiger partial charge in [0.15, 0.2) is 16.6 Å². The molecule has 3 aromatic rings. The van der Waals surface area contributed by atoms with Crippen molar-refractivity contribution in [2.75, 3.05) is 5.73 Å². The van der Waals surface area contributed by atoms with Crippen LogP contribution in [0.25, 0.3) is 22.3 Å². The highest BCUT2D eigenvalue weighted by atomic mass is 32.1. The van der Waals surface area contributed by atoms with Crippen molar-refractivity contribution in [3.8, 4) is 22.3 Å². The molecule has 0 unspecified atom stereocenters. The van der Waals surface area contributed by atoms with Crippen LogP contribution in [0, 0.1) is 5.92 Å². The highest BCUT2D eigenvalue weighted by molar-refractivity contribution is 7.13. The van der Waals surface area contributed by atoms with E-state index >= 15 is 0 Å². The van der Waals surface area contributed by atoms with E-state index in [0.717, 1.165) is 28.4 Å². The molecular formula is C15H14N4OS. The van der Waals surface area contributed by atoms with Crippen molar-refractivity contribution in [3.05, 3.63) is 35.5 Å². The van der Waals surface area contributed by atoms with Crippen LogP contribution < -0.4 is 5.73 Å². The van der Waals surface area contributed by atoms with Crippen molar-refractivity contribution >= 4 is 17.2 Å². The molecule has 0 atom stereocenters. The van der Waals surface area contributed by atoms with Crippen molar-refractivity contribution in [2.24, 2.45) is 5.92 Å². The van der Waals surface area contributed by atoms with Gasteiger partial charge in [0.2, 0.25) is 0 Å². The molecule has 3 aromatic heterocycles. The molecule has 0 amide bonds. The Balaban J connectivity index is 1.86. The summed E-state index contributed by atoms with van der Waals surface area (Å²) in [6.45, 7) is 0. The van der Waals surface area contributed by atoms with Crippen LogP contribution >= 0.6 is 11.3 Å². The molecule has 0 aliphatic heterocycles. The number of nitrogen functional groups attached to an aromatic ring is 1. The van der Waals surface area contributed by atoms with Crippen molar-refractivity contribution in [1.82, 2.24) is 15.0 Å². The summed E-state index contributed by atoms with van der Waals surface area (Å²) < 4.78 is 5.53. The summed E-state index contributed by atoms with van der Waals surface area (Å²) >= 11 is 1.50. The van der Waals surface area contributed by atoms with Gasteiger partial charge in [0.25, 0.3) is 0 Å². The first kappa shape index (κ1) is 12.5. The summed E-state index contributed by atoms with van der Waals surface area (Å²) in [4.78, 5) is 13.4. The molecular weight excluding hydrogens is 284 g/mol. The van der Waals surface area contributed by atoms with Gasteiger partial charge >= 0.3 is 0 Å². The maximum atomic E-state index is 6.19. The molecule has 0 spiro atoms. The third-order valence-corrected chi connectivity index (χ3v) is 4.38. The van der Waals surface area contributed by atoms with Gasteiger partial charge in [-0.05, 0) is 37.3 Å². The fourth-order valence-corrected chi connectivity index (χ4v) is 2.93. The molecule has 4 rings (SSSR count). The largest absolute Gasteiger partial charge is 0.463 e. The van der Waals surface area contributed by atoms with Crippen molar-refractivity contribution in [1.29, 1.82) is 0 Å². The zero-order valence-electron chi connectivity index (χ0n) is 11.3. The molecule has 6 heteroatoms. The lowest BCUT2D eigenvalue weighted by atomic mass is 10.1. The normalized spacial score (nSPS) is 14.5. The lowest BCUT2D eigenvalue weighted by molar-refractivity contribution is 0.578. The first-order valence-electron chi connectivity index (χ1n) is 6.91. The SMILES string of the molecule is Nc1nc(-c2nccs2)nc(-c2ccco2)c1CC1CC1. The Morgan fingerprint density at radius 3 is 2.90 bits per heavy atom. The third-order valence-electron chi connectivity index (χ3n) is 3.61. The number of nitrogens with two attached hydrogens (primary N) is 1. The molecule has 21 heavy (non-hydrogen) atoms. The van der Waals surface area contributed by atoms with Gasteiger partial charge in [-0.2, -0.15) is 0 Å². The van der Waals surface area contributed by atoms with E-state index in [1.807, 2.05) is 17.5 Å². The van der Waals surface area contributed by atoms with Crippen LogP contribution in [0.15, 0.2) is 34.4 Å². The number of anilines is 1. The molecule has 5 nitrogen and oxygen atoms in total. The number of rotatable bonds is 4. The molecule has 0 aromatic carbocycles. The number of hydrogen-bond acceptors (Lipinski definition) is 6. The highest BCUT2D eigenvalue weighted by Gasteiger charge is 2.26. The van der Waals surface area contributed by atoms with Gasteiger partial charge in [0.05, 0.1) is 6.26 Å². The molecule has 1 fully saturated rings. The fraction of sp³-hybridized carbons (Fsp3) is 0.267. The topological polar surface area (TPSA) is 77.8 Å². The molecule has 1 aliphatic carbocycles. The second-order valence-corrected chi connectivity index (χ2v) is 6.12. The van der Waals surface area contributed by atoms with E-state index in [2.05, 4.69) is 15.0 Å². The van der Waals surface area contributed by atoms with E-state index in [0.29, 0.717) is 17.6 Å². The lowest BCUT2D eigenvalue weighted by Crippen LogP contribution is -2.06. The Labute approximate surface area is 125 Å². The predicted molar refractivity (Wildman–Crippen MR) is 81.7 cm³/mol. The van der Waals surface area contributed by atoms with Crippen molar-refractivity contribution in [3.63, 3.8) is 0 Å². The minimum Gasteiger partial charge on any atom is -0.463 e. The average Bonchev–Trinajstić information content (AvgIpc) is 2.99. The van der Waals surface area contributed by atoms with Gasteiger partial charge in [-0.15, -0.1) is 11.3 Å². The van der Waals surface area contributed by atoms with Gasteiger partial charge in [0.1, 0.15) is 11.5 Å². The first-order chi connectivity index (χ1) is 10.3. The molecule has 106 valence electrons. The monoisotopic (exact) mass is 298 g/mol. The van der Waals surface area contributed by atoms with Crippen LogP contribution in [-0.4, -0.2) is 15.0 Å². The minimum atomic E-state index is 0.536. The summed E-state index contributed by atoms with van der Waals surface area (Å²) in [5.74, 6) is 2.54. The summed E-state index contributed by atoms with van der Waals surface area (Å²) in [5.41, 5.74) is 7.98. The quantitative estimate of drug-likeness (QED) is 0.798. The summed E-state index contributed by atoms with van der Waals surface area (Å²) in [6, 6.07) is 3.77. The number of nitrogens with zero attached hydrogens (tertiary/aromatic N) is 3. The zero-order chi connectivity index (χ0) is 14.2. The third kappa shape index (κ3) is 2.42. The van der Waals surface area contributed by atoms with Crippen LogP contribution in [0.1, 0.15) is 18.4 Å². The molecule has 1 aliphatic rings. The van der Waals surface area contributed by atoms with E-state index in [1.54, 1.807) is 12.5 Å². The van der Waals surface area contributed by atoms with Gasteiger partial charge < -0.3 is 10.2 Å². The minimum absolute atomic E-state index is 0.536. The van der Waals surface area contributed by atoms with Crippen LogP contribution in [0.3, 0.4) is 0 Å². The number of furan rings is 1. The Bertz CT molecular complexity index is 748. The average molecular weight is 298 g/mol. The van der Waals surface area contributed by atoms with E-state index in [-0.39, 0.29) is 0 Å². The first-order valence-corrected chi connectivity index (χ1v) is 7.79. The summed E-state index contributed by atoms with van der Waals surface area (Å²) in [7, 11) is 0. The fourth-order valence-electron chi connectivity index (χ4n) is 2.36. The maximum absolute atomic E-state index is 6.19. The van der Waals surface area contributed by atoms with Crippen LogP contribution in [0.4, 0.5) is 5.82 Å². The van der Waals surface area contributed by atoms with Gasteiger partial charge in [-0.25, -0.2) is 15.0 Å².